The van der Waals surface area contributed by atoms with Gasteiger partial charge in [-0.05, 0) is 31.4 Å². The van der Waals surface area contributed by atoms with Crippen molar-refractivity contribution in [2.45, 2.75) is 25.6 Å². The van der Waals surface area contributed by atoms with Gasteiger partial charge in [-0.15, -0.1) is 13.2 Å². The molecule has 32 heavy (non-hydrogen) atoms. The van der Waals surface area contributed by atoms with E-state index in [1.807, 2.05) is 6.07 Å². The van der Waals surface area contributed by atoms with Gasteiger partial charge >= 0.3 is 12.4 Å². The molecule has 1 N–H and O–H groups in total. The lowest BCUT2D eigenvalue weighted by Crippen LogP contribution is -2.50. The second kappa shape index (κ2) is 9.49. The summed E-state index contributed by atoms with van der Waals surface area (Å²) in [5.74, 6) is 1.28. The van der Waals surface area contributed by atoms with Crippen molar-refractivity contribution in [3.63, 3.8) is 0 Å². The number of benzene rings is 1. The topological polar surface area (TPSA) is 73.8 Å². The van der Waals surface area contributed by atoms with Crippen LogP contribution in [0.2, 0.25) is 0 Å². The smallest absolute Gasteiger partial charge is 0.404 e. The zero-order valence-electron chi connectivity index (χ0n) is 17.5. The van der Waals surface area contributed by atoms with Crippen molar-refractivity contribution in [3.05, 3.63) is 36.7 Å². The Labute approximate surface area is 184 Å². The number of carbonyl (C=O) groups excluding carboxylic acids is 1. The van der Waals surface area contributed by atoms with E-state index in [-0.39, 0.29) is 5.69 Å². The molecule has 11 heteroatoms. The minimum Gasteiger partial charge on any atom is -0.404 e. The minimum absolute atomic E-state index is 0.0285. The van der Waals surface area contributed by atoms with E-state index in [0.717, 1.165) is 43.6 Å². The predicted octanol–water partition coefficient (Wildman–Crippen LogP) is 3.72. The molecule has 2 aliphatic heterocycles. The summed E-state index contributed by atoms with van der Waals surface area (Å²) >= 11 is 0. The van der Waals surface area contributed by atoms with Crippen LogP contribution in [0.3, 0.4) is 0 Å². The Morgan fingerprint density at radius 2 is 1.53 bits per heavy atom. The van der Waals surface area contributed by atoms with Crippen molar-refractivity contribution in [3.8, 4) is 5.75 Å². The van der Waals surface area contributed by atoms with Gasteiger partial charge in [0.2, 0.25) is 0 Å². The Kier molecular flexibility index (Phi) is 6.52. The molecule has 2 aromatic rings. The van der Waals surface area contributed by atoms with Gasteiger partial charge in [0.1, 0.15) is 18.0 Å². The number of amides is 2. The number of anilines is 3. The molecule has 3 heterocycles. The lowest BCUT2D eigenvalue weighted by molar-refractivity contribution is -0.274. The fraction of sp³-hybridized carbons (Fsp3) is 0.476. The van der Waals surface area contributed by atoms with E-state index in [4.69, 9.17) is 0 Å². The van der Waals surface area contributed by atoms with Crippen molar-refractivity contribution in [2.24, 2.45) is 0 Å². The molecular formula is C21H25F3N6O2. The standard InChI is InChI=1S/C21H25F3N6O2/c22-21(23,24)32-17-7-3-2-6-16(17)27-20(31)30-12-10-29(11-13-30)19-14-18(25-15-26-19)28-8-4-1-5-9-28/h2-3,6-7,14-15H,1,4-5,8-13H2,(H,27,31). The van der Waals surface area contributed by atoms with Gasteiger partial charge in [-0.1, -0.05) is 12.1 Å². The van der Waals surface area contributed by atoms with E-state index in [2.05, 4.69) is 29.8 Å². The molecule has 0 atom stereocenters. The highest BCUT2D eigenvalue weighted by atomic mass is 19.4. The average Bonchev–Trinajstić information content (AvgIpc) is 2.80. The summed E-state index contributed by atoms with van der Waals surface area (Å²) in [4.78, 5) is 27.3. The second-order valence-corrected chi connectivity index (χ2v) is 7.73. The molecule has 1 aromatic heterocycles. The molecule has 0 saturated carbocycles. The normalized spacial score (nSPS) is 17.3. The Hall–Kier alpha value is -3.24. The van der Waals surface area contributed by atoms with Gasteiger partial charge in [0.15, 0.2) is 5.75 Å². The number of para-hydroxylation sites is 2. The van der Waals surface area contributed by atoms with Gasteiger partial charge in [-0.25, -0.2) is 14.8 Å². The SMILES string of the molecule is O=C(Nc1ccccc1OC(F)(F)F)N1CCN(c2cc(N3CCCCC3)ncn2)CC1. The summed E-state index contributed by atoms with van der Waals surface area (Å²) in [6.45, 7) is 3.93. The summed E-state index contributed by atoms with van der Waals surface area (Å²) in [6.07, 6.45) is 0.285. The molecule has 2 fully saturated rings. The molecule has 2 saturated heterocycles. The molecular weight excluding hydrogens is 425 g/mol. The summed E-state index contributed by atoms with van der Waals surface area (Å²) in [6, 6.07) is 6.99. The largest absolute Gasteiger partial charge is 0.573 e. The van der Waals surface area contributed by atoms with E-state index in [0.29, 0.717) is 26.2 Å². The number of alkyl halides is 3. The number of nitrogens with zero attached hydrogens (tertiary/aromatic N) is 5. The quantitative estimate of drug-likeness (QED) is 0.766. The minimum atomic E-state index is -4.84. The highest BCUT2D eigenvalue weighted by molar-refractivity contribution is 5.91. The van der Waals surface area contributed by atoms with Gasteiger partial charge in [-0.3, -0.25) is 0 Å². The van der Waals surface area contributed by atoms with Crippen molar-refractivity contribution in [1.29, 1.82) is 0 Å². The van der Waals surface area contributed by atoms with Gasteiger partial charge < -0.3 is 24.8 Å². The third-order valence-corrected chi connectivity index (χ3v) is 5.56. The molecule has 172 valence electrons. The molecule has 8 nitrogen and oxygen atoms in total. The maximum atomic E-state index is 12.6. The van der Waals surface area contributed by atoms with Crippen LogP contribution in [0, 0.1) is 0 Å². The summed E-state index contributed by atoms with van der Waals surface area (Å²) in [5, 5.41) is 2.52. The average molecular weight is 450 g/mol. The van der Waals surface area contributed by atoms with Crippen LogP contribution in [-0.4, -0.2) is 66.5 Å². The molecule has 0 unspecified atom stereocenters. The number of piperidine rings is 1. The molecule has 0 aliphatic carbocycles. The number of hydrogen-bond acceptors (Lipinski definition) is 6. The van der Waals surface area contributed by atoms with E-state index in [1.54, 1.807) is 11.2 Å². The number of ether oxygens (including phenoxy) is 1. The summed E-state index contributed by atoms with van der Waals surface area (Å²) < 4.78 is 41.8. The number of rotatable bonds is 4. The monoisotopic (exact) mass is 450 g/mol. The summed E-state index contributed by atoms with van der Waals surface area (Å²) in [5.41, 5.74) is -0.0285. The van der Waals surface area contributed by atoms with Crippen LogP contribution in [0.1, 0.15) is 19.3 Å². The van der Waals surface area contributed by atoms with Gasteiger partial charge in [-0.2, -0.15) is 0 Å². The number of piperazine rings is 1. The van der Waals surface area contributed by atoms with E-state index >= 15 is 0 Å². The Bertz CT molecular complexity index is 928. The van der Waals surface area contributed by atoms with E-state index in [9.17, 15) is 18.0 Å². The van der Waals surface area contributed by atoms with Crippen molar-refractivity contribution >= 4 is 23.4 Å². The van der Waals surface area contributed by atoms with Crippen LogP contribution < -0.4 is 19.9 Å². The molecule has 2 amide bonds. The molecule has 0 spiro atoms. The number of hydrogen-bond donors (Lipinski definition) is 1. The molecule has 4 rings (SSSR count). The molecule has 2 aliphatic rings. The first-order valence-corrected chi connectivity index (χ1v) is 10.6. The first-order valence-electron chi connectivity index (χ1n) is 10.6. The lowest BCUT2D eigenvalue weighted by Gasteiger charge is -2.36. The third kappa shape index (κ3) is 5.51. The Morgan fingerprint density at radius 3 is 2.19 bits per heavy atom. The number of carbonyl (C=O) groups is 1. The molecule has 0 radical (unpaired) electrons. The number of aromatic nitrogens is 2. The van der Waals surface area contributed by atoms with E-state index < -0.39 is 18.1 Å². The van der Waals surface area contributed by atoms with Crippen molar-refractivity contribution < 1.29 is 22.7 Å². The van der Waals surface area contributed by atoms with Crippen LogP contribution in [0.4, 0.5) is 35.3 Å². The maximum Gasteiger partial charge on any atom is 0.573 e. The zero-order chi connectivity index (χ0) is 22.6. The fourth-order valence-corrected chi connectivity index (χ4v) is 3.92. The number of halogens is 3. The summed E-state index contributed by atoms with van der Waals surface area (Å²) in [7, 11) is 0. The highest BCUT2D eigenvalue weighted by Gasteiger charge is 2.32. The molecule has 0 bridgehead atoms. The lowest BCUT2D eigenvalue weighted by atomic mass is 10.1. The van der Waals surface area contributed by atoms with Crippen molar-refractivity contribution in [1.82, 2.24) is 14.9 Å². The van der Waals surface area contributed by atoms with Crippen LogP contribution in [0.15, 0.2) is 36.7 Å². The highest BCUT2D eigenvalue weighted by Crippen LogP contribution is 2.30. The Balaban J connectivity index is 1.35. The zero-order valence-corrected chi connectivity index (χ0v) is 17.5. The second-order valence-electron chi connectivity index (χ2n) is 7.73. The van der Waals surface area contributed by atoms with Crippen LogP contribution in [0.25, 0.3) is 0 Å². The first-order chi connectivity index (χ1) is 15.4. The van der Waals surface area contributed by atoms with Crippen molar-refractivity contribution in [2.75, 3.05) is 54.4 Å². The first kappa shape index (κ1) is 22.0. The van der Waals surface area contributed by atoms with E-state index in [1.165, 1.54) is 24.6 Å². The number of nitrogens with one attached hydrogen (secondary N) is 1. The Morgan fingerprint density at radius 1 is 0.906 bits per heavy atom. The van der Waals surface area contributed by atoms with Crippen LogP contribution >= 0.6 is 0 Å². The predicted molar refractivity (Wildman–Crippen MR) is 114 cm³/mol. The van der Waals surface area contributed by atoms with Crippen LogP contribution in [-0.2, 0) is 0 Å². The maximum absolute atomic E-state index is 12.6. The van der Waals surface area contributed by atoms with Gasteiger partial charge in [0.05, 0.1) is 5.69 Å². The van der Waals surface area contributed by atoms with Crippen LogP contribution in [0.5, 0.6) is 5.75 Å². The third-order valence-electron chi connectivity index (χ3n) is 5.56. The van der Waals surface area contributed by atoms with Gasteiger partial charge in [0, 0.05) is 45.3 Å². The fourth-order valence-electron chi connectivity index (χ4n) is 3.92. The molecule has 1 aromatic carbocycles. The van der Waals surface area contributed by atoms with Gasteiger partial charge in [0.25, 0.3) is 0 Å². The number of urea groups is 1.